The van der Waals surface area contributed by atoms with E-state index in [-0.39, 0.29) is 12.3 Å². The van der Waals surface area contributed by atoms with E-state index in [2.05, 4.69) is 4.98 Å². The quantitative estimate of drug-likeness (QED) is 0.800. The van der Waals surface area contributed by atoms with E-state index in [0.29, 0.717) is 0 Å². The van der Waals surface area contributed by atoms with Crippen molar-refractivity contribution >= 4 is 16.7 Å². The van der Waals surface area contributed by atoms with Crippen LogP contribution in [0.3, 0.4) is 0 Å². The maximum absolute atomic E-state index is 10.9. The van der Waals surface area contributed by atoms with E-state index in [9.17, 15) is 4.79 Å². The normalized spacial score (nSPS) is 10.5. The molecule has 0 aliphatic rings. The summed E-state index contributed by atoms with van der Waals surface area (Å²) in [6.07, 6.45) is 3.80. The van der Waals surface area contributed by atoms with E-state index in [4.69, 9.17) is 5.73 Å². The number of nitrogens with two attached hydrogens (primary N) is 1. The molecule has 0 aliphatic carbocycles. The Labute approximate surface area is 87.9 Å². The number of aryl methyl sites for hydroxylation is 1. The fourth-order valence-corrected chi connectivity index (χ4v) is 1.79. The van der Waals surface area contributed by atoms with Gasteiger partial charge in [-0.3, -0.25) is 9.78 Å². The molecule has 1 aromatic carbocycles. The number of amides is 1. The molecular weight excluding hydrogens is 188 g/mol. The van der Waals surface area contributed by atoms with Crippen LogP contribution in [0.2, 0.25) is 0 Å². The molecule has 1 amide bonds. The van der Waals surface area contributed by atoms with Crippen molar-refractivity contribution in [3.8, 4) is 0 Å². The van der Waals surface area contributed by atoms with Crippen LogP contribution in [0.1, 0.15) is 11.1 Å². The number of nitrogens with zero attached hydrogens (tertiary/aromatic N) is 1. The first-order valence-corrected chi connectivity index (χ1v) is 4.78. The maximum Gasteiger partial charge on any atom is 0.221 e. The predicted octanol–water partition coefficient (Wildman–Crippen LogP) is 1.57. The summed E-state index contributed by atoms with van der Waals surface area (Å²) in [5, 5.41) is 2.10. The molecule has 15 heavy (non-hydrogen) atoms. The second-order valence-electron chi connectivity index (χ2n) is 3.66. The van der Waals surface area contributed by atoms with Gasteiger partial charge in [-0.05, 0) is 30.0 Å². The van der Waals surface area contributed by atoms with Crippen LogP contribution in [-0.4, -0.2) is 10.9 Å². The molecule has 0 saturated carbocycles. The van der Waals surface area contributed by atoms with Crippen LogP contribution >= 0.6 is 0 Å². The van der Waals surface area contributed by atoms with Gasteiger partial charge in [0.2, 0.25) is 5.91 Å². The molecule has 0 aliphatic heterocycles. The highest BCUT2D eigenvalue weighted by Gasteiger charge is 2.05. The number of pyridine rings is 1. The largest absolute Gasteiger partial charge is 0.369 e. The van der Waals surface area contributed by atoms with Gasteiger partial charge in [0.05, 0.1) is 6.42 Å². The van der Waals surface area contributed by atoms with E-state index in [1.165, 1.54) is 0 Å². The van der Waals surface area contributed by atoms with Gasteiger partial charge in [-0.2, -0.15) is 0 Å². The molecule has 1 heterocycles. The van der Waals surface area contributed by atoms with Crippen LogP contribution in [0.4, 0.5) is 0 Å². The van der Waals surface area contributed by atoms with Gasteiger partial charge in [0.15, 0.2) is 0 Å². The second kappa shape index (κ2) is 3.69. The molecule has 0 radical (unpaired) electrons. The number of aromatic nitrogens is 1. The summed E-state index contributed by atoms with van der Waals surface area (Å²) in [5.74, 6) is -0.307. The molecular formula is C12H12N2O. The summed E-state index contributed by atoms with van der Waals surface area (Å²) in [7, 11) is 0. The van der Waals surface area contributed by atoms with Crippen molar-refractivity contribution in [3.63, 3.8) is 0 Å². The van der Waals surface area contributed by atoms with Crippen LogP contribution in [0, 0.1) is 6.92 Å². The van der Waals surface area contributed by atoms with Crippen molar-refractivity contribution in [2.24, 2.45) is 5.73 Å². The number of benzene rings is 1. The van der Waals surface area contributed by atoms with Crippen molar-refractivity contribution < 1.29 is 4.79 Å². The van der Waals surface area contributed by atoms with Gasteiger partial charge >= 0.3 is 0 Å². The van der Waals surface area contributed by atoms with Crippen molar-refractivity contribution in [3.05, 3.63) is 41.7 Å². The number of fused-ring (bicyclic) bond motifs is 1. The highest BCUT2D eigenvalue weighted by Crippen LogP contribution is 2.20. The average Bonchev–Trinajstić information content (AvgIpc) is 2.16. The summed E-state index contributed by atoms with van der Waals surface area (Å²) < 4.78 is 0. The molecule has 0 unspecified atom stereocenters. The van der Waals surface area contributed by atoms with Crippen LogP contribution in [0.25, 0.3) is 10.8 Å². The lowest BCUT2D eigenvalue weighted by Gasteiger charge is -2.05. The zero-order valence-corrected chi connectivity index (χ0v) is 8.53. The Morgan fingerprint density at radius 1 is 1.47 bits per heavy atom. The maximum atomic E-state index is 10.9. The third-order valence-corrected chi connectivity index (χ3v) is 2.35. The van der Waals surface area contributed by atoms with Gasteiger partial charge in [0.1, 0.15) is 0 Å². The fraction of sp³-hybridized carbons (Fsp3) is 0.167. The van der Waals surface area contributed by atoms with Crippen molar-refractivity contribution in [2.45, 2.75) is 13.3 Å². The predicted molar refractivity (Wildman–Crippen MR) is 59.4 cm³/mol. The van der Waals surface area contributed by atoms with Crippen LogP contribution in [0.5, 0.6) is 0 Å². The van der Waals surface area contributed by atoms with Gasteiger partial charge in [-0.1, -0.05) is 11.6 Å². The molecule has 2 aromatic rings. The first-order valence-electron chi connectivity index (χ1n) is 4.78. The Kier molecular flexibility index (Phi) is 2.37. The molecule has 2 N–H and O–H groups in total. The van der Waals surface area contributed by atoms with Crippen LogP contribution in [-0.2, 0) is 11.2 Å². The third kappa shape index (κ3) is 1.96. The second-order valence-corrected chi connectivity index (χ2v) is 3.66. The lowest BCUT2D eigenvalue weighted by atomic mass is 10.0. The van der Waals surface area contributed by atoms with Crippen molar-refractivity contribution in [1.29, 1.82) is 0 Å². The Bertz CT molecular complexity index is 520. The number of hydrogen-bond donors (Lipinski definition) is 1. The zero-order chi connectivity index (χ0) is 10.8. The standard InChI is InChI=1S/C12H12N2O/c1-8-4-9(6-12(13)15)11-2-3-14-7-10(11)5-8/h2-5,7H,6H2,1H3,(H2,13,15). The highest BCUT2D eigenvalue weighted by molar-refractivity contribution is 5.89. The minimum absolute atomic E-state index is 0.280. The molecule has 0 bridgehead atoms. The lowest BCUT2D eigenvalue weighted by Crippen LogP contribution is -2.13. The first-order chi connectivity index (χ1) is 7.16. The average molecular weight is 200 g/mol. The van der Waals surface area contributed by atoms with E-state index in [1.54, 1.807) is 12.4 Å². The third-order valence-electron chi connectivity index (χ3n) is 2.35. The van der Waals surface area contributed by atoms with Gasteiger partial charge in [0.25, 0.3) is 0 Å². The van der Waals surface area contributed by atoms with Crippen molar-refractivity contribution in [1.82, 2.24) is 4.98 Å². The highest BCUT2D eigenvalue weighted by atomic mass is 16.1. The molecule has 76 valence electrons. The Morgan fingerprint density at radius 3 is 3.00 bits per heavy atom. The number of carbonyl (C=O) groups excluding carboxylic acids is 1. The number of carbonyl (C=O) groups is 1. The van der Waals surface area contributed by atoms with Gasteiger partial charge < -0.3 is 5.73 Å². The summed E-state index contributed by atoms with van der Waals surface area (Å²) in [4.78, 5) is 15.0. The van der Waals surface area contributed by atoms with Crippen molar-refractivity contribution in [2.75, 3.05) is 0 Å². The lowest BCUT2D eigenvalue weighted by molar-refractivity contribution is -0.117. The summed E-state index contributed by atoms with van der Waals surface area (Å²) in [5.41, 5.74) is 7.30. The number of primary amides is 1. The van der Waals surface area contributed by atoms with E-state index >= 15 is 0 Å². The monoisotopic (exact) mass is 200 g/mol. The minimum atomic E-state index is -0.307. The van der Waals surface area contributed by atoms with E-state index in [1.807, 2.05) is 25.1 Å². The van der Waals surface area contributed by atoms with Gasteiger partial charge in [-0.15, -0.1) is 0 Å². The summed E-state index contributed by atoms with van der Waals surface area (Å²) >= 11 is 0. The van der Waals surface area contributed by atoms with Crippen LogP contribution in [0.15, 0.2) is 30.6 Å². The SMILES string of the molecule is Cc1cc(CC(N)=O)c2ccncc2c1. The molecule has 3 heteroatoms. The zero-order valence-electron chi connectivity index (χ0n) is 8.53. The summed E-state index contributed by atoms with van der Waals surface area (Å²) in [6.45, 7) is 2.00. The minimum Gasteiger partial charge on any atom is -0.369 e. The Hall–Kier alpha value is -1.90. The number of rotatable bonds is 2. The molecule has 0 atom stereocenters. The van der Waals surface area contributed by atoms with E-state index < -0.39 is 0 Å². The molecule has 0 saturated heterocycles. The molecule has 3 nitrogen and oxygen atoms in total. The van der Waals surface area contributed by atoms with E-state index in [0.717, 1.165) is 21.9 Å². The Balaban J connectivity index is 2.65. The number of hydrogen-bond acceptors (Lipinski definition) is 2. The summed E-state index contributed by atoms with van der Waals surface area (Å²) in [6, 6.07) is 5.95. The smallest absolute Gasteiger partial charge is 0.221 e. The topological polar surface area (TPSA) is 56.0 Å². The van der Waals surface area contributed by atoms with Gasteiger partial charge in [-0.25, -0.2) is 0 Å². The van der Waals surface area contributed by atoms with Crippen LogP contribution < -0.4 is 5.73 Å². The molecule has 1 aromatic heterocycles. The molecule has 0 fully saturated rings. The molecule has 0 spiro atoms. The molecule has 2 rings (SSSR count). The Morgan fingerprint density at radius 2 is 2.27 bits per heavy atom. The van der Waals surface area contributed by atoms with Gasteiger partial charge in [0, 0.05) is 17.8 Å². The first kappa shape index (κ1) is 9.65. The fourth-order valence-electron chi connectivity index (χ4n) is 1.79.